The second-order valence-corrected chi connectivity index (χ2v) is 6.21. The second kappa shape index (κ2) is 6.19. The van der Waals surface area contributed by atoms with Crippen molar-refractivity contribution in [2.75, 3.05) is 24.6 Å². The molecule has 2 aliphatic rings. The zero-order valence-corrected chi connectivity index (χ0v) is 13.8. The molecular formula is C17H18N4O4. The first-order chi connectivity index (χ1) is 12.1. The lowest BCUT2D eigenvalue weighted by Gasteiger charge is -2.30. The largest absolute Gasteiger partial charge is 0.480 e. The number of likely N-dealkylation sites (tertiary alicyclic amines) is 1. The van der Waals surface area contributed by atoms with Crippen LogP contribution in [0.3, 0.4) is 0 Å². The molecule has 1 saturated heterocycles. The number of pyridine rings is 1. The molecule has 4 rings (SSSR count). The number of hydrogen-bond acceptors (Lipinski definition) is 6. The van der Waals surface area contributed by atoms with Crippen LogP contribution in [0.2, 0.25) is 0 Å². The maximum absolute atomic E-state index is 12.9. The minimum absolute atomic E-state index is 0.0597. The van der Waals surface area contributed by atoms with E-state index in [4.69, 9.17) is 9.26 Å². The molecule has 0 saturated carbocycles. The Kier molecular flexibility index (Phi) is 3.87. The van der Waals surface area contributed by atoms with Gasteiger partial charge in [-0.2, -0.15) is 0 Å². The molecule has 0 aromatic carbocycles. The molecule has 25 heavy (non-hydrogen) atoms. The van der Waals surface area contributed by atoms with E-state index in [1.54, 1.807) is 23.2 Å². The van der Waals surface area contributed by atoms with Gasteiger partial charge in [-0.15, -0.1) is 0 Å². The number of anilines is 1. The molecule has 1 atom stereocenters. The van der Waals surface area contributed by atoms with Gasteiger partial charge in [-0.05, 0) is 31.9 Å². The summed E-state index contributed by atoms with van der Waals surface area (Å²) in [5, 5.41) is 3.91. The maximum atomic E-state index is 12.9. The standard InChI is InChI=1S/C17H18N4O4/c1-11-8-14(25-19-11)12-4-3-7-20(12)15(22)9-21-16(23)10-24-13-5-2-6-18-17(13)21/h2,5-6,8,12H,3-4,7,9-10H2,1H3/t12-/m1/s1. The van der Waals surface area contributed by atoms with Crippen molar-refractivity contribution < 1.29 is 18.8 Å². The molecule has 8 heteroatoms. The van der Waals surface area contributed by atoms with Crippen LogP contribution in [0.5, 0.6) is 5.75 Å². The summed E-state index contributed by atoms with van der Waals surface area (Å²) in [6.07, 6.45) is 3.29. The maximum Gasteiger partial charge on any atom is 0.266 e. The third-order valence-electron chi connectivity index (χ3n) is 4.50. The Morgan fingerprint density at radius 3 is 3.12 bits per heavy atom. The van der Waals surface area contributed by atoms with Crippen LogP contribution in [0.25, 0.3) is 0 Å². The van der Waals surface area contributed by atoms with Crippen LogP contribution in [-0.2, 0) is 9.59 Å². The summed E-state index contributed by atoms with van der Waals surface area (Å²) in [6.45, 7) is 2.34. The monoisotopic (exact) mass is 342 g/mol. The average Bonchev–Trinajstić information content (AvgIpc) is 3.26. The Hall–Kier alpha value is -2.90. The Morgan fingerprint density at radius 2 is 2.32 bits per heavy atom. The van der Waals surface area contributed by atoms with E-state index < -0.39 is 0 Å². The zero-order chi connectivity index (χ0) is 17.4. The summed E-state index contributed by atoms with van der Waals surface area (Å²) in [7, 11) is 0. The van der Waals surface area contributed by atoms with E-state index in [0.717, 1.165) is 18.5 Å². The van der Waals surface area contributed by atoms with Crippen molar-refractivity contribution in [3.63, 3.8) is 0 Å². The first-order valence-electron chi connectivity index (χ1n) is 8.24. The molecular weight excluding hydrogens is 324 g/mol. The van der Waals surface area contributed by atoms with Gasteiger partial charge in [-0.1, -0.05) is 5.16 Å². The first-order valence-corrected chi connectivity index (χ1v) is 8.24. The fourth-order valence-corrected chi connectivity index (χ4v) is 3.32. The van der Waals surface area contributed by atoms with E-state index in [9.17, 15) is 9.59 Å². The van der Waals surface area contributed by atoms with Gasteiger partial charge in [-0.25, -0.2) is 4.98 Å². The molecule has 130 valence electrons. The van der Waals surface area contributed by atoms with Gasteiger partial charge >= 0.3 is 0 Å². The highest BCUT2D eigenvalue weighted by Gasteiger charge is 2.36. The third-order valence-corrected chi connectivity index (χ3v) is 4.50. The molecule has 2 aromatic heterocycles. The second-order valence-electron chi connectivity index (χ2n) is 6.21. The van der Waals surface area contributed by atoms with Gasteiger partial charge in [-0.3, -0.25) is 14.5 Å². The van der Waals surface area contributed by atoms with Crippen molar-refractivity contribution in [1.29, 1.82) is 0 Å². The lowest BCUT2D eigenvalue weighted by molar-refractivity contribution is -0.133. The highest BCUT2D eigenvalue weighted by molar-refractivity contribution is 6.01. The van der Waals surface area contributed by atoms with Crippen LogP contribution < -0.4 is 9.64 Å². The molecule has 4 heterocycles. The van der Waals surface area contributed by atoms with Crippen molar-refractivity contribution in [2.45, 2.75) is 25.8 Å². The highest BCUT2D eigenvalue weighted by atomic mass is 16.5. The number of carbonyl (C=O) groups excluding carboxylic acids is 2. The Balaban J connectivity index is 1.54. The van der Waals surface area contributed by atoms with Gasteiger partial charge < -0.3 is 14.2 Å². The average molecular weight is 342 g/mol. The van der Waals surface area contributed by atoms with Gasteiger partial charge in [0.05, 0.1) is 11.7 Å². The van der Waals surface area contributed by atoms with E-state index >= 15 is 0 Å². The smallest absolute Gasteiger partial charge is 0.266 e. The number of carbonyl (C=O) groups is 2. The molecule has 0 radical (unpaired) electrons. The van der Waals surface area contributed by atoms with Crippen LogP contribution in [0, 0.1) is 6.92 Å². The molecule has 2 aromatic rings. The number of nitrogens with zero attached hydrogens (tertiary/aromatic N) is 4. The number of aryl methyl sites for hydroxylation is 1. The Labute approximate surface area is 144 Å². The number of rotatable bonds is 3. The quantitative estimate of drug-likeness (QED) is 0.839. The fraction of sp³-hybridized carbons (Fsp3) is 0.412. The van der Waals surface area contributed by atoms with Gasteiger partial charge in [0.2, 0.25) is 5.91 Å². The van der Waals surface area contributed by atoms with Crippen LogP contribution in [0.4, 0.5) is 5.82 Å². The number of aromatic nitrogens is 2. The number of ether oxygens (including phenoxy) is 1. The van der Waals surface area contributed by atoms with Crippen LogP contribution >= 0.6 is 0 Å². The van der Waals surface area contributed by atoms with Crippen molar-refractivity contribution >= 4 is 17.6 Å². The first kappa shape index (κ1) is 15.6. The summed E-state index contributed by atoms with van der Waals surface area (Å²) in [6, 6.07) is 5.19. The SMILES string of the molecule is Cc1cc([C@H]2CCCN2C(=O)CN2C(=O)COc3cccnc32)on1. The third kappa shape index (κ3) is 2.84. The Morgan fingerprint density at radius 1 is 1.44 bits per heavy atom. The van der Waals surface area contributed by atoms with Gasteiger partial charge in [0.25, 0.3) is 5.91 Å². The van der Waals surface area contributed by atoms with E-state index in [-0.39, 0.29) is 31.0 Å². The molecule has 0 unspecified atom stereocenters. The van der Waals surface area contributed by atoms with Crippen molar-refractivity contribution in [3.8, 4) is 5.75 Å². The van der Waals surface area contributed by atoms with Crippen LogP contribution in [0.1, 0.15) is 30.3 Å². The van der Waals surface area contributed by atoms with Crippen molar-refractivity contribution in [2.24, 2.45) is 0 Å². The van der Waals surface area contributed by atoms with Gasteiger partial charge in [0.1, 0.15) is 6.54 Å². The molecule has 2 amide bonds. The van der Waals surface area contributed by atoms with E-state index in [1.165, 1.54) is 4.90 Å². The minimum Gasteiger partial charge on any atom is -0.480 e. The van der Waals surface area contributed by atoms with E-state index in [1.807, 2.05) is 13.0 Å². The fourth-order valence-electron chi connectivity index (χ4n) is 3.32. The van der Waals surface area contributed by atoms with E-state index in [2.05, 4.69) is 10.1 Å². The topological polar surface area (TPSA) is 88.8 Å². The van der Waals surface area contributed by atoms with Gasteiger partial charge in [0, 0.05) is 18.8 Å². The van der Waals surface area contributed by atoms with Gasteiger partial charge in [0.15, 0.2) is 23.9 Å². The molecule has 0 bridgehead atoms. The number of hydrogen-bond donors (Lipinski definition) is 0. The predicted octanol–water partition coefficient (Wildman–Crippen LogP) is 1.47. The molecule has 0 spiro atoms. The summed E-state index contributed by atoms with van der Waals surface area (Å²) >= 11 is 0. The summed E-state index contributed by atoms with van der Waals surface area (Å²) in [4.78, 5) is 32.4. The predicted molar refractivity (Wildman–Crippen MR) is 87.0 cm³/mol. The molecule has 0 N–H and O–H groups in total. The van der Waals surface area contributed by atoms with E-state index in [0.29, 0.717) is 23.9 Å². The molecule has 1 fully saturated rings. The summed E-state index contributed by atoms with van der Waals surface area (Å²) in [5.74, 6) is 1.18. The Bertz CT molecular complexity index is 818. The van der Waals surface area contributed by atoms with Crippen molar-refractivity contribution in [1.82, 2.24) is 15.0 Å². The number of fused-ring (bicyclic) bond motifs is 1. The normalized spacial score (nSPS) is 19.7. The lowest BCUT2D eigenvalue weighted by Crippen LogP contribution is -2.46. The number of amides is 2. The van der Waals surface area contributed by atoms with Crippen LogP contribution in [-0.4, -0.2) is 46.6 Å². The minimum atomic E-state index is -0.272. The van der Waals surface area contributed by atoms with Crippen molar-refractivity contribution in [3.05, 3.63) is 35.9 Å². The zero-order valence-electron chi connectivity index (χ0n) is 13.8. The molecule has 2 aliphatic heterocycles. The summed E-state index contributed by atoms with van der Waals surface area (Å²) in [5.41, 5.74) is 0.788. The lowest BCUT2D eigenvalue weighted by atomic mass is 10.1. The molecule has 8 nitrogen and oxygen atoms in total. The molecule has 0 aliphatic carbocycles. The highest BCUT2D eigenvalue weighted by Crippen LogP contribution is 2.33. The van der Waals surface area contributed by atoms with Crippen LogP contribution in [0.15, 0.2) is 28.9 Å². The summed E-state index contributed by atoms with van der Waals surface area (Å²) < 4.78 is 10.7.